The van der Waals surface area contributed by atoms with Gasteiger partial charge in [-0.1, -0.05) is 30.7 Å². The van der Waals surface area contributed by atoms with E-state index >= 15 is 0 Å². The fraction of sp³-hybridized carbons (Fsp3) is 0.450. The Morgan fingerprint density at radius 3 is 2.30 bits per heavy atom. The van der Waals surface area contributed by atoms with E-state index in [9.17, 15) is 0 Å². The van der Waals surface area contributed by atoms with Crippen LogP contribution < -0.4 is 10.6 Å². The number of piperazine rings is 1. The van der Waals surface area contributed by atoms with Crippen LogP contribution >= 0.6 is 24.0 Å². The molecule has 1 saturated heterocycles. The third-order valence-corrected chi connectivity index (χ3v) is 5.42. The number of nitrogens with zero attached hydrogens (tertiary/aromatic N) is 5. The molecule has 7 heteroatoms. The first kappa shape index (κ1) is 19.9. The van der Waals surface area contributed by atoms with E-state index in [1.807, 2.05) is 6.07 Å². The zero-order valence-electron chi connectivity index (χ0n) is 15.5. The number of anilines is 1. The van der Waals surface area contributed by atoms with Crippen LogP contribution in [0.2, 0.25) is 0 Å². The van der Waals surface area contributed by atoms with Gasteiger partial charge in [-0.05, 0) is 36.0 Å². The molecule has 2 aliphatic rings. The van der Waals surface area contributed by atoms with Crippen LogP contribution in [-0.4, -0.2) is 47.0 Å². The molecule has 0 spiro atoms. The summed E-state index contributed by atoms with van der Waals surface area (Å²) < 4.78 is 0. The number of nitrogens with two attached hydrogens (primary N) is 1. The van der Waals surface area contributed by atoms with E-state index in [-0.39, 0.29) is 24.0 Å². The zero-order chi connectivity index (χ0) is 17.8. The third-order valence-electron chi connectivity index (χ3n) is 5.42. The van der Waals surface area contributed by atoms with Gasteiger partial charge in [0, 0.05) is 38.6 Å². The van der Waals surface area contributed by atoms with Crippen LogP contribution in [0.4, 0.5) is 5.95 Å². The van der Waals surface area contributed by atoms with Crippen LogP contribution in [0.1, 0.15) is 36.3 Å². The molecule has 1 aromatic carbocycles. The van der Waals surface area contributed by atoms with Gasteiger partial charge in [-0.3, -0.25) is 0 Å². The van der Waals surface area contributed by atoms with Gasteiger partial charge in [-0.2, -0.15) is 0 Å². The average molecular weight is 478 g/mol. The molecule has 2 N–H and O–H groups in total. The fourth-order valence-electron chi connectivity index (χ4n) is 3.50. The highest BCUT2D eigenvalue weighted by atomic mass is 127. The Morgan fingerprint density at radius 1 is 1.04 bits per heavy atom. The molecular formula is C20H27IN6. The molecule has 1 saturated carbocycles. The second kappa shape index (κ2) is 9.34. The molecule has 1 aliphatic carbocycles. The maximum Gasteiger partial charge on any atom is 0.225 e. The Kier molecular flexibility index (Phi) is 6.87. The molecule has 0 amide bonds. The Labute approximate surface area is 177 Å². The lowest BCUT2D eigenvalue weighted by molar-refractivity contribution is 0.378. The number of aliphatic imine (C=N–C) groups is 1. The molecule has 2 fully saturated rings. The highest BCUT2D eigenvalue weighted by molar-refractivity contribution is 14.0. The van der Waals surface area contributed by atoms with Crippen molar-refractivity contribution in [1.29, 1.82) is 0 Å². The molecule has 2 aromatic rings. The Morgan fingerprint density at radius 2 is 1.70 bits per heavy atom. The second-order valence-corrected chi connectivity index (χ2v) is 7.07. The van der Waals surface area contributed by atoms with Crippen LogP contribution in [0.5, 0.6) is 0 Å². The highest BCUT2D eigenvalue weighted by Gasteiger charge is 2.20. The highest BCUT2D eigenvalue weighted by Crippen LogP contribution is 2.36. The van der Waals surface area contributed by atoms with Gasteiger partial charge in [-0.15, -0.1) is 24.0 Å². The first-order valence-electron chi connectivity index (χ1n) is 9.45. The summed E-state index contributed by atoms with van der Waals surface area (Å²) >= 11 is 0. The van der Waals surface area contributed by atoms with Crippen molar-refractivity contribution < 1.29 is 0 Å². The number of hydrogen-bond acceptors (Lipinski definition) is 4. The topological polar surface area (TPSA) is 70.6 Å². The van der Waals surface area contributed by atoms with Gasteiger partial charge in [0.05, 0.1) is 6.54 Å². The van der Waals surface area contributed by atoms with Gasteiger partial charge in [-0.25, -0.2) is 15.0 Å². The number of guanidine groups is 1. The van der Waals surface area contributed by atoms with Crippen molar-refractivity contribution in [3.05, 3.63) is 53.9 Å². The van der Waals surface area contributed by atoms with Crippen molar-refractivity contribution >= 4 is 35.9 Å². The van der Waals surface area contributed by atoms with Crippen molar-refractivity contribution in [2.45, 2.75) is 31.7 Å². The van der Waals surface area contributed by atoms with E-state index in [0.29, 0.717) is 12.5 Å². The van der Waals surface area contributed by atoms with Crippen molar-refractivity contribution in [3.63, 3.8) is 0 Å². The molecule has 0 unspecified atom stereocenters. The normalized spacial score (nSPS) is 18.0. The van der Waals surface area contributed by atoms with E-state index in [1.165, 1.54) is 30.4 Å². The quantitative estimate of drug-likeness (QED) is 0.416. The maximum absolute atomic E-state index is 6.22. The number of benzene rings is 1. The van der Waals surface area contributed by atoms with Gasteiger partial charge >= 0.3 is 0 Å². The lowest BCUT2D eigenvalue weighted by Gasteiger charge is -2.35. The largest absolute Gasteiger partial charge is 0.370 e. The molecule has 1 aliphatic heterocycles. The predicted octanol–water partition coefficient (Wildman–Crippen LogP) is 3.00. The SMILES string of the molecule is I.NC(=NCc1ccc(C2CCC2)cc1)N1CCN(c2ncccn2)CC1. The molecule has 4 rings (SSSR count). The Hall–Kier alpha value is -1.90. The van der Waals surface area contributed by atoms with Gasteiger partial charge in [0.25, 0.3) is 0 Å². The molecule has 6 nitrogen and oxygen atoms in total. The zero-order valence-corrected chi connectivity index (χ0v) is 17.8. The van der Waals surface area contributed by atoms with Crippen molar-refractivity contribution in [2.24, 2.45) is 10.7 Å². The molecular weight excluding hydrogens is 451 g/mol. The minimum absolute atomic E-state index is 0. The minimum atomic E-state index is 0. The summed E-state index contributed by atoms with van der Waals surface area (Å²) in [4.78, 5) is 17.5. The van der Waals surface area contributed by atoms with E-state index < -0.39 is 0 Å². The van der Waals surface area contributed by atoms with Crippen LogP contribution in [0.3, 0.4) is 0 Å². The smallest absolute Gasteiger partial charge is 0.225 e. The number of hydrogen-bond donors (Lipinski definition) is 1. The van der Waals surface area contributed by atoms with E-state index in [4.69, 9.17) is 5.73 Å². The van der Waals surface area contributed by atoms with Crippen LogP contribution in [-0.2, 0) is 6.54 Å². The van der Waals surface area contributed by atoms with E-state index in [2.05, 4.69) is 49.0 Å². The summed E-state index contributed by atoms with van der Waals surface area (Å²) in [6.07, 6.45) is 7.60. The summed E-state index contributed by atoms with van der Waals surface area (Å²) in [5.41, 5.74) is 8.90. The second-order valence-electron chi connectivity index (χ2n) is 7.07. The van der Waals surface area contributed by atoms with Gasteiger partial charge in [0.1, 0.15) is 0 Å². The number of halogens is 1. The molecule has 144 valence electrons. The van der Waals surface area contributed by atoms with Crippen molar-refractivity contribution in [1.82, 2.24) is 14.9 Å². The summed E-state index contributed by atoms with van der Waals surface area (Å²) in [6, 6.07) is 10.7. The van der Waals surface area contributed by atoms with Gasteiger partial charge < -0.3 is 15.5 Å². The molecule has 1 aromatic heterocycles. The van der Waals surface area contributed by atoms with E-state index in [1.54, 1.807) is 12.4 Å². The van der Waals surface area contributed by atoms with E-state index in [0.717, 1.165) is 38.0 Å². The summed E-state index contributed by atoms with van der Waals surface area (Å²) in [5, 5.41) is 0. The first-order chi connectivity index (χ1) is 12.8. The Balaban J connectivity index is 0.00000210. The first-order valence-corrected chi connectivity index (χ1v) is 9.45. The molecule has 2 heterocycles. The molecule has 0 radical (unpaired) electrons. The van der Waals surface area contributed by atoms with Gasteiger partial charge in [0.2, 0.25) is 5.95 Å². The van der Waals surface area contributed by atoms with Crippen LogP contribution in [0.25, 0.3) is 0 Å². The summed E-state index contributed by atoms with van der Waals surface area (Å²) in [6.45, 7) is 4.04. The monoisotopic (exact) mass is 478 g/mol. The fourth-order valence-corrected chi connectivity index (χ4v) is 3.50. The predicted molar refractivity (Wildman–Crippen MR) is 120 cm³/mol. The minimum Gasteiger partial charge on any atom is -0.370 e. The number of rotatable bonds is 4. The molecule has 0 atom stereocenters. The lowest BCUT2D eigenvalue weighted by atomic mass is 9.80. The molecule has 0 bridgehead atoms. The molecule has 27 heavy (non-hydrogen) atoms. The van der Waals surface area contributed by atoms with Gasteiger partial charge in [0.15, 0.2) is 5.96 Å². The van der Waals surface area contributed by atoms with Crippen LogP contribution in [0.15, 0.2) is 47.7 Å². The number of aromatic nitrogens is 2. The summed E-state index contributed by atoms with van der Waals surface area (Å²) in [7, 11) is 0. The maximum atomic E-state index is 6.22. The third kappa shape index (κ3) is 4.88. The van der Waals surface area contributed by atoms with Crippen LogP contribution in [0, 0.1) is 0 Å². The van der Waals surface area contributed by atoms with Crippen molar-refractivity contribution in [2.75, 3.05) is 31.1 Å². The standard InChI is InChI=1S/C20H26N6.HI/c21-19(24-15-16-5-7-18(8-6-16)17-3-1-4-17)25-11-13-26(14-12-25)20-22-9-2-10-23-20;/h2,5-10,17H,1,3-4,11-15H2,(H2,21,24);1H. The van der Waals surface area contributed by atoms with Crippen molar-refractivity contribution in [3.8, 4) is 0 Å². The summed E-state index contributed by atoms with van der Waals surface area (Å²) in [5.74, 6) is 2.19. The average Bonchev–Trinajstić information content (AvgIpc) is 2.67. The lowest BCUT2D eigenvalue weighted by Crippen LogP contribution is -2.51. The Bertz CT molecular complexity index is 737.